The highest BCUT2D eigenvalue weighted by Crippen LogP contribution is 2.37. The van der Waals surface area contributed by atoms with Crippen LogP contribution < -0.4 is 10.6 Å². The minimum Gasteiger partial charge on any atom is -0.382 e. The van der Waals surface area contributed by atoms with Gasteiger partial charge in [-0.3, -0.25) is 5.10 Å². The Hall–Kier alpha value is -3.85. The third-order valence-electron chi connectivity index (χ3n) is 5.89. The number of ether oxygens (including phenoxy) is 1. The Labute approximate surface area is 177 Å². The van der Waals surface area contributed by atoms with E-state index in [0.29, 0.717) is 30.5 Å². The lowest BCUT2D eigenvalue weighted by molar-refractivity contribution is 0.0986. The van der Waals surface area contributed by atoms with Crippen molar-refractivity contribution in [3.05, 3.63) is 48.8 Å². The summed E-state index contributed by atoms with van der Waals surface area (Å²) in [5.74, 6) is 2.03. The average Bonchev–Trinajstić information content (AvgIpc) is 3.53. The molecule has 5 heterocycles. The van der Waals surface area contributed by atoms with Gasteiger partial charge in [0.15, 0.2) is 17.3 Å². The van der Waals surface area contributed by atoms with Crippen LogP contribution in [0.2, 0.25) is 0 Å². The number of nitrogens with zero attached hydrogens (tertiary/aromatic N) is 5. The lowest BCUT2D eigenvalue weighted by Gasteiger charge is -2.34. The fraction of sp³-hybridized carbons (Fsp3) is 0.227. The van der Waals surface area contributed by atoms with Crippen molar-refractivity contribution in [2.45, 2.75) is 13.0 Å². The summed E-state index contributed by atoms with van der Waals surface area (Å²) in [6.07, 6.45) is 3.63. The van der Waals surface area contributed by atoms with Gasteiger partial charge in [0.1, 0.15) is 5.82 Å². The Bertz CT molecular complexity index is 1380. The van der Waals surface area contributed by atoms with Crippen LogP contribution in [0.1, 0.15) is 6.92 Å². The van der Waals surface area contributed by atoms with Gasteiger partial charge >= 0.3 is 0 Å². The summed E-state index contributed by atoms with van der Waals surface area (Å²) >= 11 is 0. The van der Waals surface area contributed by atoms with Gasteiger partial charge in [0.05, 0.1) is 30.8 Å². The molecule has 9 heteroatoms. The van der Waals surface area contributed by atoms with Crippen molar-refractivity contribution in [2.24, 2.45) is 0 Å². The maximum atomic E-state index is 6.42. The summed E-state index contributed by atoms with van der Waals surface area (Å²) < 4.78 is 7.36. The Morgan fingerprint density at radius 3 is 2.97 bits per heavy atom. The number of fused-ring (bicyclic) bond motifs is 2. The summed E-state index contributed by atoms with van der Waals surface area (Å²) in [7, 11) is 0. The summed E-state index contributed by atoms with van der Waals surface area (Å²) in [6.45, 7) is 4.28. The SMILES string of the molecule is CC1COCCN1c1cc(-c2ccc3[nH]ccc3c2)c2c(N)nn(-c3ccn[nH]3)c2n1. The molecule has 1 unspecified atom stereocenters. The van der Waals surface area contributed by atoms with Gasteiger partial charge in [-0.25, -0.2) is 4.98 Å². The van der Waals surface area contributed by atoms with Crippen LogP contribution in [0.15, 0.2) is 48.8 Å². The lowest BCUT2D eigenvalue weighted by Crippen LogP contribution is -2.44. The van der Waals surface area contributed by atoms with E-state index in [9.17, 15) is 0 Å². The Balaban J connectivity index is 1.63. The number of morpholine rings is 1. The van der Waals surface area contributed by atoms with Gasteiger partial charge in [0, 0.05) is 29.9 Å². The molecule has 156 valence electrons. The van der Waals surface area contributed by atoms with Crippen molar-refractivity contribution in [1.82, 2.24) is 29.9 Å². The van der Waals surface area contributed by atoms with E-state index in [0.717, 1.165) is 39.8 Å². The zero-order valence-electron chi connectivity index (χ0n) is 17.0. The van der Waals surface area contributed by atoms with E-state index in [1.54, 1.807) is 10.9 Å². The number of nitrogens with one attached hydrogen (secondary N) is 2. The first-order valence-corrected chi connectivity index (χ1v) is 10.3. The molecule has 1 saturated heterocycles. The summed E-state index contributed by atoms with van der Waals surface area (Å²) in [5.41, 5.74) is 10.3. The number of aromatic amines is 2. The monoisotopic (exact) mass is 414 g/mol. The predicted octanol–water partition coefficient (Wildman–Crippen LogP) is 3.10. The predicted molar refractivity (Wildman–Crippen MR) is 120 cm³/mol. The van der Waals surface area contributed by atoms with Crippen LogP contribution in [0.4, 0.5) is 11.6 Å². The number of anilines is 2. The molecule has 5 aromatic rings. The van der Waals surface area contributed by atoms with E-state index in [2.05, 4.69) is 62.4 Å². The number of rotatable bonds is 3. The van der Waals surface area contributed by atoms with E-state index >= 15 is 0 Å². The topological polar surface area (TPSA) is 114 Å². The van der Waals surface area contributed by atoms with Crippen molar-refractivity contribution < 1.29 is 4.74 Å². The number of H-pyrrole nitrogens is 2. The molecule has 1 aliphatic rings. The van der Waals surface area contributed by atoms with Crippen LogP contribution >= 0.6 is 0 Å². The number of pyridine rings is 1. The van der Waals surface area contributed by atoms with E-state index < -0.39 is 0 Å². The van der Waals surface area contributed by atoms with Crippen LogP contribution in [-0.4, -0.2) is 55.7 Å². The highest BCUT2D eigenvalue weighted by molar-refractivity contribution is 6.03. The van der Waals surface area contributed by atoms with Gasteiger partial charge in [-0.1, -0.05) is 6.07 Å². The molecular formula is C22H22N8O. The molecular weight excluding hydrogens is 392 g/mol. The lowest BCUT2D eigenvalue weighted by atomic mass is 10.0. The fourth-order valence-electron chi connectivity index (χ4n) is 4.33. The van der Waals surface area contributed by atoms with E-state index in [4.69, 9.17) is 15.5 Å². The normalized spacial score (nSPS) is 17.1. The zero-order valence-corrected chi connectivity index (χ0v) is 17.0. The number of hydrogen-bond donors (Lipinski definition) is 3. The van der Waals surface area contributed by atoms with Crippen molar-refractivity contribution in [2.75, 3.05) is 30.4 Å². The second-order valence-corrected chi connectivity index (χ2v) is 7.86. The number of nitrogens with two attached hydrogens (primary N) is 1. The molecule has 0 aliphatic carbocycles. The van der Waals surface area contributed by atoms with Gasteiger partial charge < -0.3 is 20.4 Å². The molecule has 1 aliphatic heterocycles. The van der Waals surface area contributed by atoms with Crippen LogP contribution in [0, 0.1) is 0 Å². The molecule has 0 bridgehead atoms. The Morgan fingerprint density at radius 2 is 2.13 bits per heavy atom. The standard InChI is InChI=1S/C22H22N8O/c1-13-12-31-9-8-29(13)19-11-16(14-2-3-17-15(10-14)4-6-24-17)20-21(23)28-30(22(20)26-19)18-5-7-25-27-18/h2-7,10-11,13,24H,8-9,12H2,1H3,(H2,23,28)(H,25,27). The van der Waals surface area contributed by atoms with Crippen LogP contribution in [-0.2, 0) is 4.74 Å². The first-order valence-electron chi connectivity index (χ1n) is 10.3. The van der Waals surface area contributed by atoms with E-state index in [-0.39, 0.29) is 6.04 Å². The largest absolute Gasteiger partial charge is 0.382 e. The number of aromatic nitrogens is 6. The fourth-order valence-corrected chi connectivity index (χ4v) is 4.33. The Kier molecular flexibility index (Phi) is 3.97. The summed E-state index contributed by atoms with van der Waals surface area (Å²) in [6, 6.07) is 12.6. The van der Waals surface area contributed by atoms with Crippen LogP contribution in [0.3, 0.4) is 0 Å². The number of hydrogen-bond acceptors (Lipinski definition) is 6. The molecule has 1 atom stereocenters. The first-order chi connectivity index (χ1) is 15.2. The van der Waals surface area contributed by atoms with Crippen molar-refractivity contribution in [3.63, 3.8) is 0 Å². The highest BCUT2D eigenvalue weighted by Gasteiger charge is 2.25. The van der Waals surface area contributed by atoms with Gasteiger partial charge in [0.25, 0.3) is 0 Å². The first kappa shape index (κ1) is 18.0. The molecule has 0 amide bonds. The third kappa shape index (κ3) is 2.85. The average molecular weight is 414 g/mol. The molecule has 0 radical (unpaired) electrons. The van der Waals surface area contributed by atoms with Gasteiger partial charge in [-0.15, -0.1) is 5.10 Å². The van der Waals surface area contributed by atoms with Gasteiger partial charge in [0.2, 0.25) is 0 Å². The summed E-state index contributed by atoms with van der Waals surface area (Å²) in [4.78, 5) is 10.5. The van der Waals surface area contributed by atoms with Crippen molar-refractivity contribution >= 4 is 33.6 Å². The second-order valence-electron chi connectivity index (χ2n) is 7.86. The molecule has 1 fully saturated rings. The minimum absolute atomic E-state index is 0.222. The number of nitrogen functional groups attached to an aromatic ring is 1. The summed E-state index contributed by atoms with van der Waals surface area (Å²) in [5, 5.41) is 13.6. The maximum Gasteiger partial charge on any atom is 0.169 e. The van der Waals surface area contributed by atoms with Gasteiger partial charge in [-0.05, 0) is 42.1 Å². The Morgan fingerprint density at radius 1 is 1.19 bits per heavy atom. The molecule has 0 spiro atoms. The minimum atomic E-state index is 0.222. The third-order valence-corrected chi connectivity index (χ3v) is 5.89. The molecule has 1 aromatic carbocycles. The molecule has 0 saturated carbocycles. The zero-order chi connectivity index (χ0) is 20.9. The smallest absolute Gasteiger partial charge is 0.169 e. The second kappa shape index (κ2) is 6.85. The molecule has 4 aromatic heterocycles. The number of benzene rings is 1. The van der Waals surface area contributed by atoms with E-state index in [1.165, 1.54) is 0 Å². The maximum absolute atomic E-state index is 6.42. The van der Waals surface area contributed by atoms with Crippen molar-refractivity contribution in [1.29, 1.82) is 0 Å². The van der Waals surface area contributed by atoms with E-state index in [1.807, 2.05) is 12.3 Å². The molecule has 31 heavy (non-hydrogen) atoms. The van der Waals surface area contributed by atoms with Crippen molar-refractivity contribution in [3.8, 4) is 16.9 Å². The van der Waals surface area contributed by atoms with Crippen LogP contribution in [0.25, 0.3) is 38.9 Å². The molecule has 9 nitrogen and oxygen atoms in total. The van der Waals surface area contributed by atoms with Gasteiger partial charge in [-0.2, -0.15) is 9.78 Å². The highest BCUT2D eigenvalue weighted by atomic mass is 16.5. The van der Waals surface area contributed by atoms with Crippen LogP contribution in [0.5, 0.6) is 0 Å². The molecule has 4 N–H and O–H groups in total. The quantitative estimate of drug-likeness (QED) is 0.418. The molecule has 6 rings (SSSR count).